The summed E-state index contributed by atoms with van der Waals surface area (Å²) < 4.78 is 5.64. The second kappa shape index (κ2) is 14.2. The molecule has 4 amide bonds. The first-order valence-corrected chi connectivity index (χ1v) is 14.2. The molecule has 0 saturated heterocycles. The molecule has 11 nitrogen and oxygen atoms in total. The highest BCUT2D eigenvalue weighted by molar-refractivity contribution is 6.21. The minimum Gasteiger partial charge on any atom is -0.459 e. The Labute approximate surface area is 246 Å². The van der Waals surface area contributed by atoms with Gasteiger partial charge in [0.2, 0.25) is 11.8 Å². The van der Waals surface area contributed by atoms with Crippen LogP contribution in [-0.2, 0) is 25.5 Å². The zero-order valence-electron chi connectivity index (χ0n) is 25.1. The number of benzene rings is 1. The van der Waals surface area contributed by atoms with Gasteiger partial charge in [0.25, 0.3) is 11.8 Å². The number of nitrogens with zero attached hydrogens (tertiary/aromatic N) is 2. The highest BCUT2D eigenvalue weighted by atomic mass is 16.6. The van der Waals surface area contributed by atoms with Crippen LogP contribution < -0.4 is 16.0 Å². The van der Waals surface area contributed by atoms with Crippen molar-refractivity contribution in [1.29, 1.82) is 0 Å². The minimum atomic E-state index is -1.02. The number of aromatic nitrogens is 1. The van der Waals surface area contributed by atoms with Crippen molar-refractivity contribution in [2.75, 3.05) is 13.6 Å². The van der Waals surface area contributed by atoms with Crippen molar-refractivity contribution < 1.29 is 28.7 Å². The molecule has 42 heavy (non-hydrogen) atoms. The van der Waals surface area contributed by atoms with Crippen LogP contribution in [0, 0.1) is 5.92 Å². The average Bonchev–Trinajstić information content (AvgIpc) is 3.17. The van der Waals surface area contributed by atoms with Crippen LogP contribution in [0.2, 0.25) is 0 Å². The SMILES string of the molecule is CNC(=O)[C@H](Cc1ccccc1)NC(=O)[C@H](CC(C)C)N[C@H](CCN1C(=O)c2ccncc2C1=O)C(=O)OC(C)(C)C. The number of amides is 4. The quantitative estimate of drug-likeness (QED) is 0.242. The standard InChI is InChI=1S/C31H41N5O6/c1-19(2)16-24(27(38)35-25(26(37)32-6)17-20-10-8-7-9-11-20)34-23(30(41)42-31(3,4)5)13-15-36-28(39)21-12-14-33-18-22(21)29(36)40/h7-12,14,18-19,23-25,34H,13,15-17H2,1-6H3,(H,32,37)(H,35,38)/t23-,24+,25+/m1/s1. The smallest absolute Gasteiger partial charge is 0.323 e. The third-order valence-corrected chi connectivity index (χ3v) is 6.69. The zero-order chi connectivity index (χ0) is 31.0. The maximum atomic E-state index is 13.6. The molecular weight excluding hydrogens is 538 g/mol. The van der Waals surface area contributed by atoms with Gasteiger partial charge in [-0.25, -0.2) is 0 Å². The van der Waals surface area contributed by atoms with Gasteiger partial charge in [-0.1, -0.05) is 44.2 Å². The van der Waals surface area contributed by atoms with Gasteiger partial charge in [-0.15, -0.1) is 0 Å². The Morgan fingerprint density at radius 3 is 2.19 bits per heavy atom. The number of nitrogens with one attached hydrogen (secondary N) is 3. The van der Waals surface area contributed by atoms with E-state index < -0.39 is 47.4 Å². The third kappa shape index (κ3) is 8.69. The number of pyridine rings is 1. The van der Waals surface area contributed by atoms with E-state index in [1.807, 2.05) is 44.2 Å². The predicted octanol–water partition coefficient (Wildman–Crippen LogP) is 2.26. The minimum absolute atomic E-state index is 0.0125. The van der Waals surface area contributed by atoms with E-state index in [9.17, 15) is 24.0 Å². The van der Waals surface area contributed by atoms with E-state index >= 15 is 0 Å². The molecule has 226 valence electrons. The second-order valence-electron chi connectivity index (χ2n) is 11.8. The van der Waals surface area contributed by atoms with Gasteiger partial charge in [0, 0.05) is 32.4 Å². The summed E-state index contributed by atoms with van der Waals surface area (Å²) in [7, 11) is 1.50. The molecule has 3 atom stereocenters. The molecule has 0 saturated carbocycles. The Morgan fingerprint density at radius 2 is 1.60 bits per heavy atom. The molecule has 11 heteroatoms. The molecule has 2 heterocycles. The van der Waals surface area contributed by atoms with E-state index in [2.05, 4.69) is 20.9 Å². The fourth-order valence-electron chi connectivity index (χ4n) is 4.71. The number of carbonyl (C=O) groups is 5. The summed E-state index contributed by atoms with van der Waals surface area (Å²) in [6.45, 7) is 9.00. The third-order valence-electron chi connectivity index (χ3n) is 6.69. The van der Waals surface area contributed by atoms with Crippen LogP contribution in [0.4, 0.5) is 0 Å². The van der Waals surface area contributed by atoms with Gasteiger partial charge < -0.3 is 15.4 Å². The molecule has 1 aliphatic rings. The van der Waals surface area contributed by atoms with Crippen molar-refractivity contribution >= 4 is 29.6 Å². The van der Waals surface area contributed by atoms with Gasteiger partial charge in [0.1, 0.15) is 17.7 Å². The number of likely N-dealkylation sites (N-methyl/N-ethyl adjacent to an activating group) is 1. The molecule has 0 fully saturated rings. The van der Waals surface area contributed by atoms with Crippen LogP contribution >= 0.6 is 0 Å². The number of imide groups is 1. The first-order valence-electron chi connectivity index (χ1n) is 14.2. The van der Waals surface area contributed by atoms with Gasteiger partial charge in [0.15, 0.2) is 0 Å². The summed E-state index contributed by atoms with van der Waals surface area (Å²) in [4.78, 5) is 70.4. The van der Waals surface area contributed by atoms with Crippen LogP contribution in [0.1, 0.15) is 73.7 Å². The lowest BCUT2D eigenvalue weighted by Gasteiger charge is -2.30. The summed E-state index contributed by atoms with van der Waals surface area (Å²) in [6, 6.07) is 8.10. The largest absolute Gasteiger partial charge is 0.459 e. The number of ether oxygens (including phenoxy) is 1. The topological polar surface area (TPSA) is 147 Å². The molecule has 0 bridgehead atoms. The molecule has 2 aromatic rings. The molecule has 3 rings (SSSR count). The number of hydrogen-bond acceptors (Lipinski definition) is 8. The van der Waals surface area contributed by atoms with E-state index in [4.69, 9.17) is 4.74 Å². The van der Waals surface area contributed by atoms with Crippen molar-refractivity contribution in [1.82, 2.24) is 25.8 Å². The number of hydrogen-bond donors (Lipinski definition) is 3. The summed E-state index contributed by atoms with van der Waals surface area (Å²) in [5.74, 6) is -2.31. The van der Waals surface area contributed by atoms with Gasteiger partial charge in [-0.3, -0.25) is 39.2 Å². The summed E-state index contributed by atoms with van der Waals surface area (Å²) >= 11 is 0. The molecule has 0 spiro atoms. The van der Waals surface area contributed by atoms with Crippen molar-refractivity contribution in [3.63, 3.8) is 0 Å². The molecule has 1 aliphatic heterocycles. The van der Waals surface area contributed by atoms with Crippen LogP contribution in [0.15, 0.2) is 48.8 Å². The van der Waals surface area contributed by atoms with Crippen LogP contribution in [0.25, 0.3) is 0 Å². The Balaban J connectivity index is 1.81. The Kier molecular flexibility index (Phi) is 10.9. The summed E-state index contributed by atoms with van der Waals surface area (Å²) in [5, 5.41) is 8.58. The van der Waals surface area contributed by atoms with Crippen molar-refractivity contribution in [2.45, 2.75) is 77.6 Å². The number of carbonyl (C=O) groups excluding carboxylic acids is 5. The lowest BCUT2D eigenvalue weighted by molar-refractivity contribution is -0.158. The Hall–Kier alpha value is -4.12. The number of fused-ring (bicyclic) bond motifs is 1. The monoisotopic (exact) mass is 579 g/mol. The molecular formula is C31H41N5O6. The summed E-state index contributed by atoms with van der Waals surface area (Å²) in [5.41, 5.74) is 0.531. The predicted molar refractivity (Wildman–Crippen MR) is 156 cm³/mol. The maximum Gasteiger partial charge on any atom is 0.323 e. The molecule has 1 aromatic heterocycles. The Morgan fingerprint density at radius 1 is 0.929 bits per heavy atom. The number of esters is 1. The van der Waals surface area contributed by atoms with Gasteiger partial charge in [-0.2, -0.15) is 0 Å². The van der Waals surface area contributed by atoms with Crippen molar-refractivity contribution in [2.24, 2.45) is 5.92 Å². The highest BCUT2D eigenvalue weighted by Gasteiger charge is 2.38. The van der Waals surface area contributed by atoms with Gasteiger partial charge >= 0.3 is 5.97 Å². The Bertz CT molecular complexity index is 1260. The zero-order valence-corrected chi connectivity index (χ0v) is 25.1. The van der Waals surface area contributed by atoms with Gasteiger partial charge in [0.05, 0.1) is 17.2 Å². The van der Waals surface area contributed by atoms with Crippen molar-refractivity contribution in [3.8, 4) is 0 Å². The highest BCUT2D eigenvalue weighted by Crippen LogP contribution is 2.22. The fraction of sp³-hybridized carbons (Fsp3) is 0.484. The lowest BCUT2D eigenvalue weighted by Crippen LogP contribution is -2.57. The van der Waals surface area contributed by atoms with Gasteiger partial charge in [-0.05, 0) is 51.2 Å². The van der Waals surface area contributed by atoms with E-state index in [0.29, 0.717) is 6.42 Å². The summed E-state index contributed by atoms with van der Waals surface area (Å²) in [6.07, 6.45) is 3.44. The molecule has 1 aromatic carbocycles. The first kappa shape index (κ1) is 32.4. The molecule has 0 radical (unpaired) electrons. The van der Waals surface area contributed by atoms with E-state index in [-0.39, 0.29) is 42.3 Å². The lowest BCUT2D eigenvalue weighted by atomic mass is 9.99. The molecule has 0 unspecified atom stereocenters. The van der Waals surface area contributed by atoms with Crippen LogP contribution in [0.3, 0.4) is 0 Å². The molecule has 0 aliphatic carbocycles. The second-order valence-corrected chi connectivity index (χ2v) is 11.8. The maximum absolute atomic E-state index is 13.6. The average molecular weight is 580 g/mol. The molecule has 3 N–H and O–H groups in total. The van der Waals surface area contributed by atoms with E-state index in [0.717, 1.165) is 10.5 Å². The van der Waals surface area contributed by atoms with Crippen LogP contribution in [0.5, 0.6) is 0 Å². The van der Waals surface area contributed by atoms with Crippen LogP contribution in [-0.4, -0.2) is 76.8 Å². The van der Waals surface area contributed by atoms with Crippen molar-refractivity contribution in [3.05, 3.63) is 65.5 Å². The number of rotatable bonds is 13. The van der Waals surface area contributed by atoms with E-state index in [1.165, 1.54) is 25.5 Å². The van der Waals surface area contributed by atoms with E-state index in [1.54, 1.807) is 20.8 Å². The normalized spacial score (nSPS) is 15.2. The fourth-order valence-corrected chi connectivity index (χ4v) is 4.71. The first-order chi connectivity index (χ1) is 19.8.